The molecule has 28 heavy (non-hydrogen) atoms. The van der Waals surface area contributed by atoms with Crippen LogP contribution in [0.15, 0.2) is 41.5 Å². The average molecular weight is 402 g/mol. The van der Waals surface area contributed by atoms with E-state index < -0.39 is 11.7 Å². The molecule has 0 aromatic heterocycles. The summed E-state index contributed by atoms with van der Waals surface area (Å²) in [5.41, 5.74) is 5.45. The van der Waals surface area contributed by atoms with E-state index in [0.29, 0.717) is 10.9 Å². The Balaban J connectivity index is 1.84. The molecule has 3 rings (SSSR count). The molecule has 1 atom stereocenters. The normalized spacial score (nSPS) is 18.2. The highest BCUT2D eigenvalue weighted by Crippen LogP contribution is 2.44. The van der Waals surface area contributed by atoms with Crippen molar-refractivity contribution in [1.29, 1.82) is 0 Å². The van der Waals surface area contributed by atoms with Crippen LogP contribution in [0.2, 0.25) is 5.02 Å². The minimum Gasteiger partial charge on any atom is -0.366 e. The van der Waals surface area contributed by atoms with E-state index in [-0.39, 0.29) is 11.1 Å². The lowest BCUT2D eigenvalue weighted by atomic mass is 9.79. The zero-order valence-electron chi connectivity index (χ0n) is 16.6. The number of anilines is 1. The highest BCUT2D eigenvalue weighted by Gasteiger charge is 2.35. The second kappa shape index (κ2) is 7.92. The topological polar surface area (TPSA) is 44.7 Å². The van der Waals surface area contributed by atoms with Crippen LogP contribution >= 0.6 is 11.6 Å². The SMILES string of the molecule is CCN1c2cc(Cl)c(/C=N\NC(=O)c3ccccc3F)cc2C(C)CC1(C)C. The molecule has 1 aliphatic heterocycles. The van der Waals surface area contributed by atoms with Crippen LogP contribution in [0.25, 0.3) is 0 Å². The first-order valence-electron chi connectivity index (χ1n) is 9.43. The van der Waals surface area contributed by atoms with Gasteiger partial charge in [-0.25, -0.2) is 9.82 Å². The summed E-state index contributed by atoms with van der Waals surface area (Å²) in [6.07, 6.45) is 2.54. The number of halogens is 2. The van der Waals surface area contributed by atoms with E-state index in [1.807, 2.05) is 12.1 Å². The Kier molecular flexibility index (Phi) is 5.75. The quantitative estimate of drug-likeness (QED) is 0.554. The van der Waals surface area contributed by atoms with Crippen molar-refractivity contribution >= 4 is 29.4 Å². The molecule has 2 aromatic rings. The maximum Gasteiger partial charge on any atom is 0.274 e. The van der Waals surface area contributed by atoms with Crippen molar-refractivity contribution in [2.24, 2.45) is 5.10 Å². The first-order valence-corrected chi connectivity index (χ1v) is 9.81. The molecule has 0 spiro atoms. The predicted molar refractivity (Wildman–Crippen MR) is 113 cm³/mol. The lowest BCUT2D eigenvalue weighted by molar-refractivity contribution is 0.0951. The maximum atomic E-state index is 13.7. The number of carbonyl (C=O) groups is 1. The molecule has 1 amide bonds. The van der Waals surface area contributed by atoms with Crippen molar-refractivity contribution in [2.75, 3.05) is 11.4 Å². The third-order valence-corrected chi connectivity index (χ3v) is 5.64. The van der Waals surface area contributed by atoms with E-state index in [1.165, 1.54) is 30.0 Å². The Bertz CT molecular complexity index is 926. The molecule has 1 N–H and O–H groups in total. The van der Waals surface area contributed by atoms with E-state index >= 15 is 0 Å². The number of amides is 1. The first-order chi connectivity index (χ1) is 13.2. The molecule has 1 aliphatic rings. The summed E-state index contributed by atoms with van der Waals surface area (Å²) < 4.78 is 13.7. The summed E-state index contributed by atoms with van der Waals surface area (Å²) in [4.78, 5) is 14.4. The second-order valence-corrected chi connectivity index (χ2v) is 8.18. The number of rotatable bonds is 4. The number of fused-ring (bicyclic) bond motifs is 1. The standard InChI is InChI=1S/C22H25ClFN3O/c1-5-27-20-11-18(23)15(10-17(20)14(2)12-22(27,3)4)13-25-26-21(28)16-8-6-7-9-19(16)24/h6-11,13-14H,5,12H2,1-4H3,(H,26,28)/b25-13-. The fourth-order valence-corrected chi connectivity index (χ4v) is 4.29. The third kappa shape index (κ3) is 3.90. The first kappa shape index (κ1) is 20.3. The Morgan fingerprint density at radius 2 is 2.11 bits per heavy atom. The van der Waals surface area contributed by atoms with Crippen molar-refractivity contribution < 1.29 is 9.18 Å². The lowest BCUT2D eigenvalue weighted by Gasteiger charge is -2.47. The van der Waals surface area contributed by atoms with Crippen LogP contribution in [0.5, 0.6) is 0 Å². The number of nitrogens with one attached hydrogen (secondary N) is 1. The van der Waals surface area contributed by atoms with Crippen molar-refractivity contribution in [1.82, 2.24) is 5.43 Å². The van der Waals surface area contributed by atoms with Crippen LogP contribution in [0, 0.1) is 5.82 Å². The summed E-state index contributed by atoms with van der Waals surface area (Å²) >= 11 is 6.49. The van der Waals surface area contributed by atoms with Crippen molar-refractivity contribution in [2.45, 2.75) is 45.6 Å². The van der Waals surface area contributed by atoms with Gasteiger partial charge in [-0.3, -0.25) is 4.79 Å². The maximum absolute atomic E-state index is 13.7. The number of nitrogens with zero attached hydrogens (tertiary/aromatic N) is 2. The predicted octanol–water partition coefficient (Wildman–Crippen LogP) is 5.36. The molecule has 0 aliphatic carbocycles. The molecule has 0 saturated heterocycles. The van der Waals surface area contributed by atoms with Gasteiger partial charge in [-0.2, -0.15) is 5.10 Å². The van der Waals surface area contributed by atoms with Gasteiger partial charge >= 0.3 is 0 Å². The van der Waals surface area contributed by atoms with Gasteiger partial charge in [0.05, 0.1) is 16.8 Å². The third-order valence-electron chi connectivity index (χ3n) is 5.31. The van der Waals surface area contributed by atoms with Crippen LogP contribution < -0.4 is 10.3 Å². The lowest BCUT2D eigenvalue weighted by Crippen LogP contribution is -2.48. The van der Waals surface area contributed by atoms with Gasteiger partial charge in [0.25, 0.3) is 5.91 Å². The molecule has 0 bridgehead atoms. The van der Waals surface area contributed by atoms with Crippen LogP contribution in [0.1, 0.15) is 61.5 Å². The summed E-state index contributed by atoms with van der Waals surface area (Å²) in [5, 5.41) is 4.53. The minimum absolute atomic E-state index is 0.0503. The summed E-state index contributed by atoms with van der Waals surface area (Å²) in [6.45, 7) is 9.75. The van der Waals surface area contributed by atoms with Crippen molar-refractivity contribution in [3.63, 3.8) is 0 Å². The van der Waals surface area contributed by atoms with Crippen LogP contribution in [0.4, 0.5) is 10.1 Å². The Hall–Kier alpha value is -2.40. The highest BCUT2D eigenvalue weighted by atomic mass is 35.5. The van der Waals surface area contributed by atoms with Gasteiger partial charge in [0.2, 0.25) is 0 Å². The molecule has 0 radical (unpaired) electrons. The Morgan fingerprint density at radius 1 is 1.39 bits per heavy atom. The average Bonchev–Trinajstić information content (AvgIpc) is 2.62. The number of hydrazone groups is 1. The minimum atomic E-state index is -0.601. The second-order valence-electron chi connectivity index (χ2n) is 7.77. The monoisotopic (exact) mass is 401 g/mol. The Labute approximate surface area is 170 Å². The van der Waals surface area contributed by atoms with Crippen LogP contribution in [0.3, 0.4) is 0 Å². The summed E-state index contributed by atoms with van der Waals surface area (Å²) in [7, 11) is 0. The van der Waals surface area contributed by atoms with Gasteiger partial charge in [-0.05, 0) is 62.9 Å². The molecule has 6 heteroatoms. The molecule has 0 saturated carbocycles. The molecule has 1 heterocycles. The number of hydrogen-bond acceptors (Lipinski definition) is 3. The van der Waals surface area contributed by atoms with Gasteiger partial charge in [-0.15, -0.1) is 0 Å². The summed E-state index contributed by atoms with van der Waals surface area (Å²) in [6, 6.07) is 9.78. The zero-order valence-corrected chi connectivity index (χ0v) is 17.3. The van der Waals surface area contributed by atoms with E-state index in [2.05, 4.69) is 43.1 Å². The van der Waals surface area contributed by atoms with Crippen molar-refractivity contribution in [3.05, 3.63) is 63.9 Å². The summed E-state index contributed by atoms with van der Waals surface area (Å²) in [5.74, 6) is -0.806. The number of hydrogen-bond donors (Lipinski definition) is 1. The van der Waals surface area contributed by atoms with Crippen LogP contribution in [-0.4, -0.2) is 24.2 Å². The van der Waals surface area contributed by atoms with Gasteiger partial charge < -0.3 is 4.90 Å². The molecule has 148 valence electrons. The number of carbonyl (C=O) groups excluding carboxylic acids is 1. The smallest absolute Gasteiger partial charge is 0.274 e. The fourth-order valence-electron chi connectivity index (χ4n) is 4.08. The fraction of sp³-hybridized carbons (Fsp3) is 0.364. The van der Waals surface area contributed by atoms with E-state index in [4.69, 9.17) is 11.6 Å². The van der Waals surface area contributed by atoms with Gasteiger partial charge in [0, 0.05) is 23.3 Å². The largest absolute Gasteiger partial charge is 0.366 e. The molecular weight excluding hydrogens is 377 g/mol. The molecule has 1 unspecified atom stereocenters. The van der Waals surface area contributed by atoms with Crippen molar-refractivity contribution in [3.8, 4) is 0 Å². The van der Waals surface area contributed by atoms with Gasteiger partial charge in [-0.1, -0.05) is 30.7 Å². The van der Waals surface area contributed by atoms with Gasteiger partial charge in [0.15, 0.2) is 0 Å². The number of benzene rings is 2. The van der Waals surface area contributed by atoms with E-state index in [1.54, 1.807) is 6.07 Å². The van der Waals surface area contributed by atoms with Crippen LogP contribution in [-0.2, 0) is 0 Å². The molecule has 0 fully saturated rings. The zero-order chi connectivity index (χ0) is 20.5. The Morgan fingerprint density at radius 3 is 2.79 bits per heavy atom. The molecule has 4 nitrogen and oxygen atoms in total. The highest BCUT2D eigenvalue weighted by molar-refractivity contribution is 6.33. The van der Waals surface area contributed by atoms with E-state index in [0.717, 1.165) is 24.2 Å². The molecule has 2 aromatic carbocycles. The molecular formula is C22H25ClFN3O. The van der Waals surface area contributed by atoms with Gasteiger partial charge in [0.1, 0.15) is 5.82 Å². The van der Waals surface area contributed by atoms with E-state index in [9.17, 15) is 9.18 Å².